The van der Waals surface area contributed by atoms with E-state index >= 15 is 0 Å². The summed E-state index contributed by atoms with van der Waals surface area (Å²) in [6.07, 6.45) is -6.82. The van der Waals surface area contributed by atoms with E-state index in [1.54, 1.807) is 0 Å². The zero-order valence-corrected chi connectivity index (χ0v) is 10.9. The molecule has 118 valence electrons. The molecule has 2 fully saturated rings. The maximum absolute atomic E-state index is 14.8. The largest absolute Gasteiger partial charge is 0.398 e. The second-order valence-electron chi connectivity index (χ2n) is 5.33. The number of fused-ring (bicyclic) bond motifs is 1. The monoisotopic (exact) mass is 311 g/mol. The Bertz CT molecular complexity index is 518. The molecule has 6 unspecified atom stereocenters. The highest BCUT2D eigenvalue weighted by Crippen LogP contribution is 2.68. The van der Waals surface area contributed by atoms with E-state index in [2.05, 4.69) is 6.58 Å². The standard InChI is InChI=1S/C12H13F4NO4/c1-3-9(13)6-10(4-18,21-8(9)17)7(12(14,15)16)11(6,20)5(2)19/h3-4,6-8,20H,1,17H2,2H3. The first-order valence-corrected chi connectivity index (χ1v) is 5.95. The number of aldehydes is 1. The summed E-state index contributed by atoms with van der Waals surface area (Å²) in [5.74, 6) is -6.32. The van der Waals surface area contributed by atoms with E-state index < -0.39 is 46.9 Å². The topological polar surface area (TPSA) is 89.6 Å². The number of aliphatic hydroxyl groups is 1. The summed E-state index contributed by atoms with van der Waals surface area (Å²) in [7, 11) is 0. The fraction of sp³-hybridized carbons (Fsp3) is 0.667. The highest BCUT2D eigenvalue weighted by molar-refractivity contribution is 5.92. The Hall–Kier alpha value is -1.32. The second-order valence-corrected chi connectivity index (χ2v) is 5.33. The molecule has 0 aromatic carbocycles. The van der Waals surface area contributed by atoms with Gasteiger partial charge in [0.2, 0.25) is 0 Å². The van der Waals surface area contributed by atoms with Gasteiger partial charge in [-0.2, -0.15) is 13.2 Å². The molecular weight excluding hydrogens is 298 g/mol. The van der Waals surface area contributed by atoms with Crippen LogP contribution < -0.4 is 5.73 Å². The van der Waals surface area contributed by atoms with E-state index in [1.165, 1.54) is 0 Å². The van der Waals surface area contributed by atoms with Crippen molar-refractivity contribution < 1.29 is 37.0 Å². The van der Waals surface area contributed by atoms with Crippen LogP contribution >= 0.6 is 0 Å². The van der Waals surface area contributed by atoms with Crippen LogP contribution in [0.3, 0.4) is 0 Å². The summed E-state index contributed by atoms with van der Waals surface area (Å²) in [6.45, 7) is 3.79. The van der Waals surface area contributed by atoms with Crippen molar-refractivity contribution >= 4 is 12.1 Å². The molecule has 1 saturated carbocycles. The van der Waals surface area contributed by atoms with Crippen LogP contribution in [-0.4, -0.2) is 46.5 Å². The minimum atomic E-state index is -5.16. The quantitative estimate of drug-likeness (QED) is 0.443. The van der Waals surface area contributed by atoms with Crippen molar-refractivity contribution in [3.05, 3.63) is 12.7 Å². The fourth-order valence-corrected chi connectivity index (χ4v) is 3.53. The third kappa shape index (κ3) is 1.56. The van der Waals surface area contributed by atoms with Crippen molar-refractivity contribution in [2.75, 3.05) is 0 Å². The number of hydrogen-bond acceptors (Lipinski definition) is 5. The highest BCUT2D eigenvalue weighted by Gasteiger charge is 2.89. The Labute approximate surface area is 116 Å². The molecule has 0 radical (unpaired) electrons. The maximum Gasteiger partial charge on any atom is 0.398 e. The molecule has 6 atom stereocenters. The summed E-state index contributed by atoms with van der Waals surface area (Å²) >= 11 is 0. The molecule has 1 aliphatic carbocycles. The molecule has 5 nitrogen and oxygen atoms in total. The number of carbonyl (C=O) groups excluding carboxylic acids is 2. The van der Waals surface area contributed by atoms with Gasteiger partial charge < -0.3 is 20.4 Å². The molecule has 2 rings (SSSR count). The van der Waals surface area contributed by atoms with Crippen LogP contribution in [-0.2, 0) is 14.3 Å². The van der Waals surface area contributed by atoms with E-state index in [4.69, 9.17) is 10.5 Å². The molecule has 3 N–H and O–H groups in total. The molecule has 0 amide bonds. The normalized spacial score (nSPS) is 49.2. The van der Waals surface area contributed by atoms with Crippen molar-refractivity contribution in [2.45, 2.75) is 36.2 Å². The first-order valence-electron chi connectivity index (χ1n) is 5.95. The second kappa shape index (κ2) is 4.11. The molecule has 0 aromatic heterocycles. The Morgan fingerprint density at radius 3 is 2.33 bits per heavy atom. The van der Waals surface area contributed by atoms with E-state index in [0.717, 1.165) is 0 Å². The van der Waals surface area contributed by atoms with Gasteiger partial charge in [0.05, 0.1) is 5.92 Å². The third-order valence-corrected chi connectivity index (χ3v) is 4.38. The zero-order valence-electron chi connectivity index (χ0n) is 10.9. The van der Waals surface area contributed by atoms with Gasteiger partial charge in [-0.3, -0.25) is 4.79 Å². The molecule has 0 spiro atoms. The predicted octanol–water partition coefficient (Wildman–Crippen LogP) is 0.262. The SMILES string of the molecule is C=CC1(F)C(N)OC2(C=O)C(C(F)(F)F)C(O)(C(C)=O)C12. The summed E-state index contributed by atoms with van der Waals surface area (Å²) < 4.78 is 59.0. The Morgan fingerprint density at radius 2 is 2.00 bits per heavy atom. The summed E-state index contributed by atoms with van der Waals surface area (Å²) in [5.41, 5.74) is -3.42. The minimum Gasteiger partial charge on any atom is -0.381 e. The highest BCUT2D eigenvalue weighted by atomic mass is 19.4. The number of carbonyl (C=O) groups is 2. The lowest BCUT2D eigenvalue weighted by molar-refractivity contribution is -0.340. The minimum absolute atomic E-state index is 0.252. The summed E-state index contributed by atoms with van der Waals surface area (Å²) in [6, 6.07) is 0. The van der Waals surface area contributed by atoms with Crippen LogP contribution in [0.4, 0.5) is 17.6 Å². The van der Waals surface area contributed by atoms with Crippen molar-refractivity contribution in [1.29, 1.82) is 0 Å². The molecule has 21 heavy (non-hydrogen) atoms. The van der Waals surface area contributed by atoms with E-state index in [1.807, 2.05) is 0 Å². The lowest BCUT2D eigenvalue weighted by Crippen LogP contribution is -2.82. The molecule has 1 saturated heterocycles. The third-order valence-electron chi connectivity index (χ3n) is 4.38. The van der Waals surface area contributed by atoms with Gasteiger partial charge in [-0.15, -0.1) is 0 Å². The number of nitrogens with two attached hydrogens (primary N) is 1. The van der Waals surface area contributed by atoms with Crippen molar-refractivity contribution in [3.8, 4) is 0 Å². The lowest BCUT2D eigenvalue weighted by atomic mass is 9.46. The van der Waals surface area contributed by atoms with Crippen LogP contribution in [0.5, 0.6) is 0 Å². The van der Waals surface area contributed by atoms with Crippen molar-refractivity contribution in [3.63, 3.8) is 0 Å². The van der Waals surface area contributed by atoms with Gasteiger partial charge >= 0.3 is 6.18 Å². The Morgan fingerprint density at radius 1 is 1.48 bits per heavy atom. The number of ether oxygens (including phenoxy) is 1. The fourth-order valence-electron chi connectivity index (χ4n) is 3.53. The number of rotatable bonds is 3. The average Bonchev–Trinajstić information content (AvgIpc) is 2.53. The van der Waals surface area contributed by atoms with Gasteiger partial charge in [0.15, 0.2) is 17.7 Å². The molecule has 9 heteroatoms. The molecule has 0 bridgehead atoms. The first kappa shape index (κ1) is 16.1. The van der Waals surface area contributed by atoms with E-state index in [9.17, 15) is 32.3 Å². The van der Waals surface area contributed by atoms with Gasteiger partial charge in [0.1, 0.15) is 23.3 Å². The molecule has 1 aliphatic heterocycles. The zero-order chi connectivity index (χ0) is 16.4. The summed E-state index contributed by atoms with van der Waals surface area (Å²) in [5, 5.41) is 10.2. The lowest BCUT2D eigenvalue weighted by Gasteiger charge is -2.59. The van der Waals surface area contributed by atoms with E-state index in [0.29, 0.717) is 13.0 Å². The van der Waals surface area contributed by atoms with Crippen LogP contribution in [0.1, 0.15) is 6.92 Å². The van der Waals surface area contributed by atoms with Gasteiger partial charge in [-0.05, 0) is 6.92 Å². The number of alkyl halides is 4. The van der Waals surface area contributed by atoms with Crippen molar-refractivity contribution in [1.82, 2.24) is 0 Å². The summed E-state index contributed by atoms with van der Waals surface area (Å²) in [4.78, 5) is 22.8. The maximum atomic E-state index is 14.8. The number of hydrogen-bond donors (Lipinski definition) is 2. The van der Waals surface area contributed by atoms with Crippen LogP contribution in [0, 0.1) is 11.8 Å². The molecular formula is C12H13F4NO4. The van der Waals surface area contributed by atoms with Crippen LogP contribution in [0.15, 0.2) is 12.7 Å². The van der Waals surface area contributed by atoms with Crippen LogP contribution in [0.2, 0.25) is 0 Å². The average molecular weight is 311 g/mol. The number of ketones is 1. The predicted molar refractivity (Wildman–Crippen MR) is 60.6 cm³/mol. The van der Waals surface area contributed by atoms with Gasteiger partial charge in [0, 0.05) is 0 Å². The van der Waals surface area contributed by atoms with Crippen molar-refractivity contribution in [2.24, 2.45) is 17.6 Å². The number of halogens is 4. The smallest absolute Gasteiger partial charge is 0.381 e. The van der Waals surface area contributed by atoms with E-state index in [-0.39, 0.29) is 6.29 Å². The Balaban J connectivity index is 2.70. The Kier molecular flexibility index (Phi) is 3.14. The van der Waals surface area contributed by atoms with Crippen LogP contribution in [0.25, 0.3) is 0 Å². The van der Waals surface area contributed by atoms with Gasteiger partial charge in [-0.1, -0.05) is 12.7 Å². The molecule has 2 aliphatic rings. The molecule has 1 heterocycles. The first-order chi connectivity index (χ1) is 9.42. The molecule has 0 aromatic rings. The van der Waals surface area contributed by atoms with Gasteiger partial charge in [-0.25, -0.2) is 4.39 Å². The van der Waals surface area contributed by atoms with Gasteiger partial charge in [0.25, 0.3) is 0 Å². The number of Topliss-reactive ketones (excluding diaryl/α,β-unsaturated/α-hetero) is 1.